The van der Waals surface area contributed by atoms with E-state index in [4.69, 9.17) is 0 Å². The van der Waals surface area contributed by atoms with Gasteiger partial charge in [0.1, 0.15) is 0 Å². The molecule has 0 saturated heterocycles. The van der Waals surface area contributed by atoms with Gasteiger partial charge in [-0.05, 0) is 18.1 Å². The first-order valence-electron chi connectivity index (χ1n) is 7.21. The summed E-state index contributed by atoms with van der Waals surface area (Å²) in [5.74, 6) is 0.0586. The Morgan fingerprint density at radius 2 is 1.81 bits per heavy atom. The van der Waals surface area contributed by atoms with E-state index in [1.165, 1.54) is 5.56 Å². The normalized spacial score (nSPS) is 14.1. The molecule has 0 unspecified atom stereocenters. The molecular formula is C18H18N2O. The van der Waals surface area contributed by atoms with Crippen LogP contribution in [0.4, 0.5) is 0 Å². The number of rotatable bonds is 3. The van der Waals surface area contributed by atoms with Crippen molar-refractivity contribution in [2.45, 2.75) is 19.8 Å². The van der Waals surface area contributed by atoms with Crippen LogP contribution >= 0.6 is 0 Å². The maximum atomic E-state index is 12.3. The van der Waals surface area contributed by atoms with Crippen molar-refractivity contribution in [2.24, 2.45) is 5.10 Å². The molecule has 0 aliphatic carbocycles. The summed E-state index contributed by atoms with van der Waals surface area (Å²) in [6.07, 6.45) is 1.23. The van der Waals surface area contributed by atoms with Gasteiger partial charge in [0, 0.05) is 6.42 Å². The minimum atomic E-state index is 0.0586. The van der Waals surface area contributed by atoms with E-state index in [2.05, 4.69) is 36.3 Å². The van der Waals surface area contributed by atoms with Crippen molar-refractivity contribution < 1.29 is 4.79 Å². The highest BCUT2D eigenvalue weighted by molar-refractivity contribution is 6.02. The molecular weight excluding hydrogens is 260 g/mol. The highest BCUT2D eigenvalue weighted by Gasteiger charge is 2.21. The van der Waals surface area contributed by atoms with Gasteiger partial charge in [0.2, 0.25) is 5.91 Å². The van der Waals surface area contributed by atoms with Gasteiger partial charge in [-0.1, -0.05) is 60.2 Å². The van der Waals surface area contributed by atoms with Crippen LogP contribution in [0.2, 0.25) is 0 Å². The van der Waals surface area contributed by atoms with Crippen LogP contribution in [-0.4, -0.2) is 23.2 Å². The predicted octanol–water partition coefficient (Wildman–Crippen LogP) is 3.17. The standard InChI is InChI=1S/C18H18N2O/c1-14-7-9-16(10-8-14)17-11-12-20(19-17)18(21)13-15-5-3-2-4-6-15/h2-10H,11-13H2,1H3. The van der Waals surface area contributed by atoms with Gasteiger partial charge in [0.05, 0.1) is 18.7 Å². The molecule has 1 aliphatic heterocycles. The van der Waals surface area contributed by atoms with Crippen molar-refractivity contribution in [3.63, 3.8) is 0 Å². The van der Waals surface area contributed by atoms with Gasteiger partial charge in [-0.15, -0.1) is 0 Å². The van der Waals surface area contributed by atoms with Crippen LogP contribution in [0.3, 0.4) is 0 Å². The molecule has 1 amide bonds. The minimum Gasteiger partial charge on any atom is -0.273 e. The lowest BCUT2D eigenvalue weighted by Gasteiger charge is -2.11. The van der Waals surface area contributed by atoms with Crippen LogP contribution in [0.5, 0.6) is 0 Å². The monoisotopic (exact) mass is 278 g/mol. The van der Waals surface area contributed by atoms with Crippen LogP contribution in [0.15, 0.2) is 59.7 Å². The number of nitrogens with zero attached hydrogens (tertiary/aromatic N) is 2. The average Bonchev–Trinajstić information content (AvgIpc) is 2.99. The summed E-state index contributed by atoms with van der Waals surface area (Å²) in [6, 6.07) is 18.1. The van der Waals surface area contributed by atoms with E-state index in [0.29, 0.717) is 13.0 Å². The van der Waals surface area contributed by atoms with E-state index in [-0.39, 0.29) is 5.91 Å². The zero-order valence-electron chi connectivity index (χ0n) is 12.1. The maximum Gasteiger partial charge on any atom is 0.247 e. The van der Waals surface area contributed by atoms with Crippen LogP contribution < -0.4 is 0 Å². The van der Waals surface area contributed by atoms with Crippen molar-refractivity contribution in [3.8, 4) is 0 Å². The molecule has 0 N–H and O–H groups in total. The van der Waals surface area contributed by atoms with E-state index in [9.17, 15) is 4.79 Å². The number of hydrazone groups is 1. The summed E-state index contributed by atoms with van der Waals surface area (Å²) in [5.41, 5.74) is 4.36. The van der Waals surface area contributed by atoms with Gasteiger partial charge in [-0.25, -0.2) is 5.01 Å². The Labute approximate surface area is 124 Å². The van der Waals surface area contributed by atoms with Crippen LogP contribution in [0, 0.1) is 6.92 Å². The second kappa shape index (κ2) is 5.92. The summed E-state index contributed by atoms with van der Waals surface area (Å²) in [5, 5.41) is 6.08. The molecule has 0 bridgehead atoms. The first kappa shape index (κ1) is 13.6. The predicted molar refractivity (Wildman–Crippen MR) is 84.2 cm³/mol. The lowest BCUT2D eigenvalue weighted by Crippen LogP contribution is -2.25. The first-order chi connectivity index (χ1) is 10.2. The zero-order chi connectivity index (χ0) is 14.7. The van der Waals surface area contributed by atoms with E-state index >= 15 is 0 Å². The number of carbonyl (C=O) groups is 1. The van der Waals surface area contributed by atoms with E-state index < -0.39 is 0 Å². The van der Waals surface area contributed by atoms with Gasteiger partial charge in [0.15, 0.2) is 0 Å². The van der Waals surface area contributed by atoms with Crippen molar-refractivity contribution in [2.75, 3.05) is 6.54 Å². The molecule has 1 heterocycles. The molecule has 0 aromatic heterocycles. The molecule has 0 atom stereocenters. The third-order valence-electron chi connectivity index (χ3n) is 3.67. The van der Waals surface area contributed by atoms with E-state index in [1.54, 1.807) is 5.01 Å². The molecule has 3 rings (SSSR count). The zero-order valence-corrected chi connectivity index (χ0v) is 12.1. The van der Waals surface area contributed by atoms with Gasteiger partial charge in [0.25, 0.3) is 0 Å². The Hall–Kier alpha value is -2.42. The quantitative estimate of drug-likeness (QED) is 0.848. The fourth-order valence-corrected chi connectivity index (χ4v) is 2.45. The van der Waals surface area contributed by atoms with Crippen molar-refractivity contribution in [1.29, 1.82) is 0 Å². The smallest absolute Gasteiger partial charge is 0.247 e. The van der Waals surface area contributed by atoms with Crippen LogP contribution in [0.1, 0.15) is 23.1 Å². The summed E-state index contributed by atoms with van der Waals surface area (Å²) in [6.45, 7) is 2.74. The Kier molecular flexibility index (Phi) is 3.82. The third-order valence-corrected chi connectivity index (χ3v) is 3.67. The van der Waals surface area contributed by atoms with Crippen LogP contribution in [0.25, 0.3) is 0 Å². The fraction of sp³-hybridized carbons (Fsp3) is 0.222. The summed E-state index contributed by atoms with van der Waals surface area (Å²) in [7, 11) is 0. The topological polar surface area (TPSA) is 32.7 Å². The third kappa shape index (κ3) is 3.19. The molecule has 2 aromatic rings. The number of carbonyl (C=O) groups excluding carboxylic acids is 1. The maximum absolute atomic E-state index is 12.3. The number of benzene rings is 2. The lowest BCUT2D eigenvalue weighted by molar-refractivity contribution is -0.130. The Bertz CT molecular complexity index is 659. The Balaban J connectivity index is 1.70. The Morgan fingerprint density at radius 1 is 1.10 bits per heavy atom. The van der Waals surface area contributed by atoms with E-state index in [1.807, 2.05) is 30.3 Å². The molecule has 3 nitrogen and oxygen atoms in total. The van der Waals surface area contributed by atoms with Crippen LogP contribution in [-0.2, 0) is 11.2 Å². The number of aryl methyl sites for hydroxylation is 1. The van der Waals surface area contributed by atoms with Crippen molar-refractivity contribution in [1.82, 2.24) is 5.01 Å². The molecule has 0 spiro atoms. The fourth-order valence-electron chi connectivity index (χ4n) is 2.45. The second-order valence-electron chi connectivity index (χ2n) is 5.34. The van der Waals surface area contributed by atoms with Crippen molar-refractivity contribution in [3.05, 3.63) is 71.3 Å². The molecule has 106 valence electrons. The van der Waals surface area contributed by atoms with Crippen molar-refractivity contribution >= 4 is 11.6 Å². The molecule has 2 aromatic carbocycles. The highest BCUT2D eigenvalue weighted by Crippen LogP contribution is 2.15. The number of amides is 1. The molecule has 1 aliphatic rings. The number of hydrogen-bond acceptors (Lipinski definition) is 2. The van der Waals surface area contributed by atoms with Gasteiger partial charge >= 0.3 is 0 Å². The van der Waals surface area contributed by atoms with Gasteiger partial charge in [-0.2, -0.15) is 5.10 Å². The minimum absolute atomic E-state index is 0.0586. The molecule has 21 heavy (non-hydrogen) atoms. The summed E-state index contributed by atoms with van der Waals surface area (Å²) >= 11 is 0. The Morgan fingerprint density at radius 3 is 2.52 bits per heavy atom. The summed E-state index contributed by atoms with van der Waals surface area (Å²) in [4.78, 5) is 12.3. The van der Waals surface area contributed by atoms with Gasteiger partial charge in [-0.3, -0.25) is 4.79 Å². The van der Waals surface area contributed by atoms with E-state index in [0.717, 1.165) is 23.3 Å². The average molecular weight is 278 g/mol. The summed E-state index contributed by atoms with van der Waals surface area (Å²) < 4.78 is 0. The second-order valence-corrected chi connectivity index (χ2v) is 5.34. The lowest BCUT2D eigenvalue weighted by atomic mass is 10.1. The molecule has 0 radical (unpaired) electrons. The molecule has 3 heteroatoms. The van der Waals surface area contributed by atoms with Gasteiger partial charge < -0.3 is 0 Å². The number of hydrogen-bond donors (Lipinski definition) is 0. The largest absolute Gasteiger partial charge is 0.273 e. The molecule has 0 fully saturated rings. The SMILES string of the molecule is Cc1ccc(C2=NN(C(=O)Cc3ccccc3)CC2)cc1. The highest BCUT2D eigenvalue weighted by atomic mass is 16.2. The first-order valence-corrected chi connectivity index (χ1v) is 7.21. The molecule has 0 saturated carbocycles.